The summed E-state index contributed by atoms with van der Waals surface area (Å²) in [5.74, 6) is 0. The summed E-state index contributed by atoms with van der Waals surface area (Å²) in [6, 6.07) is 10.4. The molecule has 90 valence electrons. The second kappa shape index (κ2) is 6.17. The molecule has 3 nitrogen and oxygen atoms in total. The van der Waals surface area contributed by atoms with Crippen LogP contribution >= 0.6 is 0 Å². The van der Waals surface area contributed by atoms with E-state index < -0.39 is 10.1 Å². The number of rotatable bonds is 3. The molecule has 2 rings (SSSR count). The Labute approximate surface area is 129 Å². The van der Waals surface area contributed by atoms with E-state index in [-0.39, 0.29) is 34.5 Å². The third kappa shape index (κ3) is 3.33. The first-order chi connectivity index (χ1) is 8.02. The maximum Gasteiger partial charge on any atom is 1.00 e. The second-order valence-corrected chi connectivity index (χ2v) is 5.39. The molecule has 0 aliphatic carbocycles. The van der Waals surface area contributed by atoms with Crippen LogP contribution in [-0.2, 0) is 16.5 Å². The van der Waals surface area contributed by atoms with Crippen LogP contribution in [0, 0.1) is 0 Å². The van der Waals surface area contributed by atoms with Crippen molar-refractivity contribution in [1.29, 1.82) is 0 Å². The van der Waals surface area contributed by atoms with Gasteiger partial charge in [0.2, 0.25) is 0 Å². The van der Waals surface area contributed by atoms with Crippen molar-refractivity contribution in [2.75, 3.05) is 0 Å². The topological polar surface area (TPSA) is 57.2 Å². The average Bonchev–Trinajstić information content (AvgIpc) is 2.28. The summed E-state index contributed by atoms with van der Waals surface area (Å²) in [7, 11) is -4.39. The quantitative estimate of drug-likeness (QED) is 0.569. The summed E-state index contributed by atoms with van der Waals surface area (Å²) in [5.41, 5.74) is 0.917. The standard InChI is InChI=1S/C13H14O3S.Na/c1-2-5-10-8-12(17(14,15)16)9-11-6-3-4-7-13(10)11;/h3-4,6-9H,2,5H2,1H3,(H,14,15,16);/q;+1/p-1. The Morgan fingerprint density at radius 2 is 1.83 bits per heavy atom. The zero-order chi connectivity index (χ0) is 12.5. The Morgan fingerprint density at radius 3 is 2.44 bits per heavy atom. The Hall–Kier alpha value is -0.390. The second-order valence-electron chi connectivity index (χ2n) is 4.01. The molecule has 0 aliphatic heterocycles. The van der Waals surface area contributed by atoms with Gasteiger partial charge in [0.1, 0.15) is 10.1 Å². The van der Waals surface area contributed by atoms with Crippen molar-refractivity contribution in [3.05, 3.63) is 42.0 Å². The van der Waals surface area contributed by atoms with Gasteiger partial charge >= 0.3 is 29.6 Å². The van der Waals surface area contributed by atoms with Crippen LogP contribution in [0.25, 0.3) is 10.8 Å². The van der Waals surface area contributed by atoms with Gasteiger partial charge in [0, 0.05) is 0 Å². The van der Waals surface area contributed by atoms with Crippen molar-refractivity contribution in [1.82, 2.24) is 0 Å². The molecular formula is C13H13NaO3S. The molecule has 18 heavy (non-hydrogen) atoms. The molecule has 0 atom stereocenters. The molecule has 5 heteroatoms. The number of aryl methyl sites for hydroxylation is 1. The molecule has 0 bridgehead atoms. The zero-order valence-electron chi connectivity index (χ0n) is 10.5. The summed E-state index contributed by atoms with van der Waals surface area (Å²) < 4.78 is 33.2. The fourth-order valence-corrected chi connectivity index (χ4v) is 2.54. The van der Waals surface area contributed by atoms with Gasteiger partial charge in [-0.2, -0.15) is 0 Å². The molecular weight excluding hydrogens is 259 g/mol. The van der Waals surface area contributed by atoms with E-state index in [2.05, 4.69) is 0 Å². The van der Waals surface area contributed by atoms with Crippen LogP contribution in [0.5, 0.6) is 0 Å². The molecule has 0 N–H and O–H groups in total. The number of hydrogen-bond acceptors (Lipinski definition) is 3. The Morgan fingerprint density at radius 1 is 1.17 bits per heavy atom. The van der Waals surface area contributed by atoms with E-state index in [9.17, 15) is 13.0 Å². The van der Waals surface area contributed by atoms with E-state index in [4.69, 9.17) is 0 Å². The maximum atomic E-state index is 11.1. The van der Waals surface area contributed by atoms with E-state index in [1.807, 2.05) is 31.2 Å². The van der Waals surface area contributed by atoms with Gasteiger partial charge in [0.05, 0.1) is 4.90 Å². The fraction of sp³-hybridized carbons (Fsp3) is 0.231. The minimum Gasteiger partial charge on any atom is -0.744 e. The molecule has 0 spiro atoms. The van der Waals surface area contributed by atoms with Gasteiger partial charge in [-0.3, -0.25) is 0 Å². The van der Waals surface area contributed by atoms with E-state index >= 15 is 0 Å². The molecule has 0 unspecified atom stereocenters. The van der Waals surface area contributed by atoms with Gasteiger partial charge in [-0.1, -0.05) is 37.6 Å². The van der Waals surface area contributed by atoms with Crippen molar-refractivity contribution in [2.24, 2.45) is 0 Å². The van der Waals surface area contributed by atoms with E-state index in [1.54, 1.807) is 0 Å². The van der Waals surface area contributed by atoms with Gasteiger partial charge in [0.15, 0.2) is 0 Å². The normalized spacial score (nSPS) is 11.2. The largest absolute Gasteiger partial charge is 1.00 e. The zero-order valence-corrected chi connectivity index (χ0v) is 13.3. The van der Waals surface area contributed by atoms with Crippen LogP contribution in [0.15, 0.2) is 41.3 Å². The maximum absolute atomic E-state index is 11.1. The smallest absolute Gasteiger partial charge is 0.744 e. The van der Waals surface area contributed by atoms with Crippen molar-refractivity contribution in [2.45, 2.75) is 24.7 Å². The molecule has 0 heterocycles. The molecule has 2 aromatic carbocycles. The first-order valence-corrected chi connectivity index (χ1v) is 6.91. The van der Waals surface area contributed by atoms with Crippen LogP contribution in [0.2, 0.25) is 0 Å². The fourth-order valence-electron chi connectivity index (χ4n) is 1.98. The SMILES string of the molecule is CCCc1cc(S(=O)(=O)[O-])cc2ccccc12.[Na+]. The Bertz CT molecular complexity index is 650. The van der Waals surface area contributed by atoms with E-state index in [1.165, 1.54) is 12.1 Å². The van der Waals surface area contributed by atoms with Crippen LogP contribution in [0.1, 0.15) is 18.9 Å². The summed E-state index contributed by atoms with van der Waals surface area (Å²) in [5, 5.41) is 1.81. The first-order valence-electron chi connectivity index (χ1n) is 5.50. The van der Waals surface area contributed by atoms with Crippen molar-refractivity contribution in [3.63, 3.8) is 0 Å². The first kappa shape index (κ1) is 15.7. The average molecular weight is 272 g/mol. The molecule has 0 saturated heterocycles. The van der Waals surface area contributed by atoms with Gasteiger partial charge in [-0.05, 0) is 34.9 Å². The van der Waals surface area contributed by atoms with Gasteiger partial charge in [0.25, 0.3) is 0 Å². The van der Waals surface area contributed by atoms with Gasteiger partial charge in [-0.25, -0.2) is 8.42 Å². The van der Waals surface area contributed by atoms with Crippen LogP contribution in [0.4, 0.5) is 0 Å². The summed E-state index contributed by atoms with van der Waals surface area (Å²) in [6.45, 7) is 2.02. The van der Waals surface area contributed by atoms with Crippen LogP contribution < -0.4 is 29.6 Å². The molecule has 2 aromatic rings. The molecule has 0 saturated carbocycles. The summed E-state index contributed by atoms with van der Waals surface area (Å²) in [6.07, 6.45) is 1.68. The summed E-state index contributed by atoms with van der Waals surface area (Å²) >= 11 is 0. The van der Waals surface area contributed by atoms with Gasteiger partial charge in [-0.15, -0.1) is 0 Å². The van der Waals surface area contributed by atoms with Crippen LogP contribution in [0.3, 0.4) is 0 Å². The minimum absolute atomic E-state index is 0. The monoisotopic (exact) mass is 272 g/mol. The van der Waals surface area contributed by atoms with Crippen molar-refractivity contribution < 1.29 is 42.5 Å². The van der Waals surface area contributed by atoms with Crippen molar-refractivity contribution >= 4 is 20.9 Å². The molecule has 0 amide bonds. The number of hydrogen-bond donors (Lipinski definition) is 0. The van der Waals surface area contributed by atoms with E-state index in [0.29, 0.717) is 0 Å². The third-order valence-corrected chi connectivity index (χ3v) is 3.54. The molecule has 0 fully saturated rings. The van der Waals surface area contributed by atoms with Gasteiger partial charge < -0.3 is 4.55 Å². The number of fused-ring (bicyclic) bond motifs is 1. The molecule has 0 radical (unpaired) electrons. The Kier molecular flexibility index (Phi) is 5.37. The predicted molar refractivity (Wildman–Crippen MR) is 65.9 cm³/mol. The molecule has 0 aliphatic rings. The van der Waals surface area contributed by atoms with Crippen LogP contribution in [-0.4, -0.2) is 13.0 Å². The van der Waals surface area contributed by atoms with Crippen molar-refractivity contribution in [3.8, 4) is 0 Å². The molecule has 0 aromatic heterocycles. The van der Waals surface area contributed by atoms with E-state index in [0.717, 1.165) is 29.2 Å². The summed E-state index contributed by atoms with van der Waals surface area (Å²) in [4.78, 5) is -0.139. The predicted octanol–water partition coefficient (Wildman–Crippen LogP) is -0.300. The number of benzene rings is 2. The Balaban J connectivity index is 0.00000162. The minimum atomic E-state index is -4.39. The third-order valence-electron chi connectivity index (χ3n) is 2.73.